The third-order valence-electron chi connectivity index (χ3n) is 4.29. The van der Waals surface area contributed by atoms with Gasteiger partial charge in [0, 0.05) is 5.69 Å². The van der Waals surface area contributed by atoms with Crippen molar-refractivity contribution < 1.29 is 4.39 Å². The number of rotatable bonds is 4. The first-order valence-electron chi connectivity index (χ1n) is 8.44. The lowest BCUT2D eigenvalue weighted by Gasteiger charge is -2.09. The van der Waals surface area contributed by atoms with E-state index in [1.54, 1.807) is 24.4 Å². The zero-order valence-electron chi connectivity index (χ0n) is 14.5. The van der Waals surface area contributed by atoms with Crippen LogP contribution in [0.1, 0.15) is 25.3 Å². The average molecular weight is 347 g/mol. The second-order valence-electron chi connectivity index (χ2n) is 6.37. The van der Waals surface area contributed by atoms with E-state index in [9.17, 15) is 4.39 Å². The van der Waals surface area contributed by atoms with Crippen molar-refractivity contribution in [3.05, 3.63) is 72.4 Å². The molecular weight excluding hydrogens is 329 g/mol. The van der Waals surface area contributed by atoms with E-state index in [4.69, 9.17) is 0 Å². The molecule has 2 aromatic heterocycles. The molecule has 0 amide bonds. The number of halogens is 1. The highest BCUT2D eigenvalue weighted by atomic mass is 19.1. The molecule has 0 aliphatic heterocycles. The Morgan fingerprint density at radius 1 is 1.00 bits per heavy atom. The van der Waals surface area contributed by atoms with Gasteiger partial charge < -0.3 is 5.32 Å². The van der Waals surface area contributed by atoms with Gasteiger partial charge in [-0.05, 0) is 35.7 Å². The van der Waals surface area contributed by atoms with Crippen molar-refractivity contribution in [2.24, 2.45) is 0 Å². The van der Waals surface area contributed by atoms with Crippen LogP contribution in [0.15, 0.2) is 61.1 Å². The first-order valence-corrected chi connectivity index (χ1v) is 8.44. The number of anilines is 2. The molecule has 6 heteroatoms. The Labute approximate surface area is 150 Å². The largest absolute Gasteiger partial charge is 0.340 e. The van der Waals surface area contributed by atoms with Gasteiger partial charge in [0.25, 0.3) is 0 Å². The zero-order chi connectivity index (χ0) is 18.1. The van der Waals surface area contributed by atoms with Gasteiger partial charge in [0.2, 0.25) is 0 Å². The van der Waals surface area contributed by atoms with Crippen molar-refractivity contribution in [2.75, 3.05) is 5.32 Å². The predicted molar refractivity (Wildman–Crippen MR) is 100 cm³/mol. The van der Waals surface area contributed by atoms with Gasteiger partial charge in [-0.2, -0.15) is 5.10 Å². The molecular formula is C20H18FN5. The van der Waals surface area contributed by atoms with Gasteiger partial charge >= 0.3 is 0 Å². The zero-order valence-corrected chi connectivity index (χ0v) is 14.5. The summed E-state index contributed by atoms with van der Waals surface area (Å²) in [4.78, 5) is 8.60. The smallest absolute Gasteiger partial charge is 0.168 e. The molecule has 0 spiro atoms. The molecule has 0 unspecified atom stereocenters. The molecule has 4 aromatic rings. The number of para-hydroxylation sites is 1. The molecule has 2 aromatic carbocycles. The van der Waals surface area contributed by atoms with Gasteiger partial charge in [-0.15, -0.1) is 0 Å². The number of fused-ring (bicyclic) bond motifs is 1. The number of benzene rings is 2. The molecule has 0 aliphatic carbocycles. The van der Waals surface area contributed by atoms with E-state index in [-0.39, 0.29) is 5.82 Å². The lowest BCUT2D eigenvalue weighted by atomic mass is 10.0. The number of hydrogen-bond donors (Lipinski definition) is 1. The van der Waals surface area contributed by atoms with Crippen LogP contribution >= 0.6 is 0 Å². The van der Waals surface area contributed by atoms with Crippen molar-refractivity contribution in [1.29, 1.82) is 0 Å². The van der Waals surface area contributed by atoms with Gasteiger partial charge in [0.05, 0.1) is 11.6 Å². The van der Waals surface area contributed by atoms with Crippen LogP contribution in [-0.2, 0) is 0 Å². The van der Waals surface area contributed by atoms with Crippen LogP contribution < -0.4 is 5.32 Å². The molecule has 0 saturated carbocycles. The lowest BCUT2D eigenvalue weighted by molar-refractivity contribution is 0.612. The highest BCUT2D eigenvalue weighted by molar-refractivity contribution is 5.89. The van der Waals surface area contributed by atoms with Gasteiger partial charge in [-0.25, -0.2) is 19.0 Å². The highest BCUT2D eigenvalue weighted by Crippen LogP contribution is 2.26. The van der Waals surface area contributed by atoms with E-state index in [0.717, 1.165) is 11.1 Å². The van der Waals surface area contributed by atoms with Gasteiger partial charge in [0.1, 0.15) is 23.6 Å². The fourth-order valence-electron chi connectivity index (χ4n) is 2.83. The van der Waals surface area contributed by atoms with E-state index in [0.29, 0.717) is 23.1 Å². The average Bonchev–Trinajstić information content (AvgIpc) is 3.07. The Morgan fingerprint density at radius 2 is 1.77 bits per heavy atom. The van der Waals surface area contributed by atoms with E-state index >= 15 is 0 Å². The normalized spacial score (nSPS) is 11.2. The maximum absolute atomic E-state index is 14.1. The lowest BCUT2D eigenvalue weighted by Crippen LogP contribution is -2.01. The minimum atomic E-state index is -0.352. The van der Waals surface area contributed by atoms with E-state index in [1.807, 2.05) is 12.1 Å². The van der Waals surface area contributed by atoms with Crippen LogP contribution in [0.5, 0.6) is 0 Å². The first-order chi connectivity index (χ1) is 12.6. The monoisotopic (exact) mass is 347 g/mol. The topological polar surface area (TPSA) is 55.6 Å². The molecule has 0 saturated heterocycles. The van der Waals surface area contributed by atoms with E-state index < -0.39 is 0 Å². The Morgan fingerprint density at radius 3 is 2.50 bits per heavy atom. The Bertz CT molecular complexity index is 1050. The number of hydrogen-bond acceptors (Lipinski definition) is 4. The standard InChI is InChI=1S/C20H18FN5/c1-13(2)14-7-9-15(10-8-14)25-19-16-11-24-26(20(16)23-12-22-19)18-6-4-3-5-17(18)21/h3-13H,1-2H3,(H,22,23,25). The van der Waals surface area contributed by atoms with Crippen LogP contribution in [0.3, 0.4) is 0 Å². The fourth-order valence-corrected chi connectivity index (χ4v) is 2.83. The van der Waals surface area contributed by atoms with Gasteiger partial charge in [0.15, 0.2) is 5.65 Å². The van der Waals surface area contributed by atoms with Crippen LogP contribution in [-0.4, -0.2) is 19.7 Å². The number of nitrogens with one attached hydrogen (secondary N) is 1. The SMILES string of the molecule is CC(C)c1ccc(Nc2ncnc3c2cnn3-c2ccccc2F)cc1. The van der Waals surface area contributed by atoms with E-state index in [2.05, 4.69) is 46.4 Å². The third-order valence-corrected chi connectivity index (χ3v) is 4.29. The molecule has 0 atom stereocenters. The summed E-state index contributed by atoms with van der Waals surface area (Å²) in [5.74, 6) is 0.763. The minimum Gasteiger partial charge on any atom is -0.340 e. The molecule has 4 rings (SSSR count). The summed E-state index contributed by atoms with van der Waals surface area (Å²) in [6.07, 6.45) is 3.10. The van der Waals surface area contributed by atoms with Crippen molar-refractivity contribution in [2.45, 2.75) is 19.8 Å². The Kier molecular flexibility index (Phi) is 4.08. The summed E-state index contributed by atoms with van der Waals surface area (Å²) in [6.45, 7) is 4.32. The van der Waals surface area contributed by atoms with Crippen molar-refractivity contribution in [3.8, 4) is 5.69 Å². The first kappa shape index (κ1) is 16.2. The van der Waals surface area contributed by atoms with Crippen LogP contribution in [0.25, 0.3) is 16.7 Å². The Hall–Kier alpha value is -3.28. The number of aromatic nitrogens is 4. The van der Waals surface area contributed by atoms with Crippen LogP contribution in [0.4, 0.5) is 15.9 Å². The van der Waals surface area contributed by atoms with Gasteiger partial charge in [-0.3, -0.25) is 0 Å². The van der Waals surface area contributed by atoms with Crippen LogP contribution in [0.2, 0.25) is 0 Å². The summed E-state index contributed by atoms with van der Waals surface area (Å²) < 4.78 is 15.6. The molecule has 0 radical (unpaired) electrons. The summed E-state index contributed by atoms with van der Waals surface area (Å²) in [7, 11) is 0. The number of nitrogens with zero attached hydrogens (tertiary/aromatic N) is 4. The van der Waals surface area contributed by atoms with Crippen molar-refractivity contribution >= 4 is 22.5 Å². The second kappa shape index (κ2) is 6.55. The molecule has 26 heavy (non-hydrogen) atoms. The molecule has 5 nitrogen and oxygen atoms in total. The summed E-state index contributed by atoms with van der Waals surface area (Å²) in [6, 6.07) is 14.7. The minimum absolute atomic E-state index is 0.352. The predicted octanol–water partition coefficient (Wildman–Crippen LogP) is 4.82. The molecule has 1 N–H and O–H groups in total. The van der Waals surface area contributed by atoms with Crippen molar-refractivity contribution in [3.63, 3.8) is 0 Å². The molecule has 0 fully saturated rings. The molecule has 2 heterocycles. The van der Waals surface area contributed by atoms with Crippen molar-refractivity contribution in [1.82, 2.24) is 19.7 Å². The molecule has 0 aliphatic rings. The van der Waals surface area contributed by atoms with E-state index in [1.165, 1.54) is 22.6 Å². The maximum Gasteiger partial charge on any atom is 0.168 e. The summed E-state index contributed by atoms with van der Waals surface area (Å²) in [5, 5.41) is 8.32. The summed E-state index contributed by atoms with van der Waals surface area (Å²) >= 11 is 0. The Balaban J connectivity index is 1.72. The molecule has 130 valence electrons. The second-order valence-corrected chi connectivity index (χ2v) is 6.37. The maximum atomic E-state index is 14.1. The third kappa shape index (κ3) is 2.90. The quantitative estimate of drug-likeness (QED) is 0.575. The highest BCUT2D eigenvalue weighted by Gasteiger charge is 2.13. The van der Waals surface area contributed by atoms with Crippen LogP contribution in [0, 0.1) is 5.82 Å². The fraction of sp³-hybridized carbons (Fsp3) is 0.150. The summed E-state index contributed by atoms with van der Waals surface area (Å²) in [5.41, 5.74) is 3.10. The van der Waals surface area contributed by atoms with Gasteiger partial charge in [-0.1, -0.05) is 38.1 Å². The molecule has 0 bridgehead atoms.